The first-order valence-corrected chi connectivity index (χ1v) is 16.4. The molecule has 48 heavy (non-hydrogen) atoms. The van der Waals surface area contributed by atoms with E-state index in [4.69, 9.17) is 13.8 Å². The highest BCUT2D eigenvalue weighted by Gasteiger charge is 2.35. The quantitative estimate of drug-likeness (QED) is 0.197. The van der Waals surface area contributed by atoms with Crippen LogP contribution >= 0.6 is 0 Å². The van der Waals surface area contributed by atoms with Crippen LogP contribution in [-0.2, 0) is 5.41 Å². The second-order valence-electron chi connectivity index (χ2n) is 13.2. The van der Waals surface area contributed by atoms with Gasteiger partial charge in [0.1, 0.15) is 16.7 Å². The normalized spacial score (nSPS) is 13.4. The van der Waals surface area contributed by atoms with Crippen molar-refractivity contribution in [3.8, 4) is 22.6 Å². The lowest BCUT2D eigenvalue weighted by atomic mass is 9.82. The predicted molar refractivity (Wildman–Crippen MR) is 196 cm³/mol. The van der Waals surface area contributed by atoms with Gasteiger partial charge in [0.2, 0.25) is 5.89 Å². The molecule has 0 spiro atoms. The van der Waals surface area contributed by atoms with E-state index in [1.54, 1.807) is 0 Å². The number of benzene rings is 7. The third kappa shape index (κ3) is 3.86. The molecule has 0 aliphatic heterocycles. The molecule has 2 aromatic heterocycles. The van der Waals surface area contributed by atoms with Crippen LogP contribution in [-0.4, -0.2) is 4.98 Å². The number of hydrogen-bond donors (Lipinski definition) is 0. The lowest BCUT2D eigenvalue weighted by Gasteiger charge is -2.28. The Morgan fingerprint density at radius 2 is 1.25 bits per heavy atom. The SMILES string of the molecule is CC1(C)c2ccccc2-c2cc(N(c3ccc4oc5ccccc5c4c3)c3cccc4c3ccc3nc(-c5ccccc5)oc34)ccc21. The molecule has 0 atom stereocenters. The van der Waals surface area contributed by atoms with Crippen molar-refractivity contribution < 1.29 is 8.83 Å². The minimum Gasteiger partial charge on any atom is -0.456 e. The molecule has 7 aromatic carbocycles. The number of hydrogen-bond acceptors (Lipinski definition) is 4. The Labute approximate surface area is 277 Å². The number of aromatic nitrogens is 1. The van der Waals surface area contributed by atoms with Gasteiger partial charge >= 0.3 is 0 Å². The average Bonchev–Trinajstić information content (AvgIpc) is 3.80. The summed E-state index contributed by atoms with van der Waals surface area (Å²) in [5, 5.41) is 4.30. The monoisotopic (exact) mass is 618 g/mol. The molecule has 1 aliphatic rings. The molecular weight excluding hydrogens is 588 g/mol. The Bertz CT molecular complexity index is 2720. The van der Waals surface area contributed by atoms with Crippen LogP contribution in [0.2, 0.25) is 0 Å². The molecule has 0 saturated heterocycles. The Hall–Kier alpha value is -6.13. The van der Waals surface area contributed by atoms with Crippen LogP contribution in [0.4, 0.5) is 17.1 Å². The Morgan fingerprint density at radius 3 is 2.17 bits per heavy atom. The zero-order valence-corrected chi connectivity index (χ0v) is 26.6. The topological polar surface area (TPSA) is 42.4 Å². The van der Waals surface area contributed by atoms with E-state index in [-0.39, 0.29) is 5.41 Å². The number of fused-ring (bicyclic) bond motifs is 9. The van der Waals surface area contributed by atoms with Crippen molar-refractivity contribution in [3.05, 3.63) is 157 Å². The van der Waals surface area contributed by atoms with Gasteiger partial charge in [-0.05, 0) is 89.0 Å². The first kappa shape index (κ1) is 27.0. The zero-order valence-electron chi connectivity index (χ0n) is 26.6. The number of rotatable bonds is 4. The third-order valence-electron chi connectivity index (χ3n) is 10.1. The summed E-state index contributed by atoms with van der Waals surface area (Å²) < 4.78 is 12.7. The first-order chi connectivity index (χ1) is 23.5. The zero-order chi connectivity index (χ0) is 32.0. The van der Waals surface area contributed by atoms with Gasteiger partial charge in [-0.1, -0.05) is 92.7 Å². The molecule has 0 saturated carbocycles. The fraction of sp³-hybridized carbons (Fsp3) is 0.0682. The van der Waals surface area contributed by atoms with Crippen molar-refractivity contribution in [2.24, 2.45) is 0 Å². The second kappa shape index (κ2) is 9.93. The maximum absolute atomic E-state index is 6.49. The minimum atomic E-state index is -0.0717. The van der Waals surface area contributed by atoms with Gasteiger partial charge in [-0.3, -0.25) is 0 Å². The van der Waals surface area contributed by atoms with Gasteiger partial charge in [0.05, 0.1) is 5.69 Å². The van der Waals surface area contributed by atoms with E-state index in [2.05, 4.69) is 122 Å². The van der Waals surface area contributed by atoms with Crippen molar-refractivity contribution in [2.75, 3.05) is 4.90 Å². The van der Waals surface area contributed by atoms with Gasteiger partial charge in [0, 0.05) is 43.9 Å². The maximum Gasteiger partial charge on any atom is 0.227 e. The molecule has 0 bridgehead atoms. The molecule has 228 valence electrons. The molecule has 0 amide bonds. The number of furan rings is 1. The van der Waals surface area contributed by atoms with Crippen LogP contribution in [0.5, 0.6) is 0 Å². The van der Waals surface area contributed by atoms with Gasteiger partial charge < -0.3 is 13.7 Å². The van der Waals surface area contributed by atoms with Gasteiger partial charge in [-0.25, -0.2) is 4.98 Å². The molecule has 1 aliphatic carbocycles. The first-order valence-electron chi connectivity index (χ1n) is 16.4. The van der Waals surface area contributed by atoms with Crippen LogP contribution < -0.4 is 4.90 Å². The van der Waals surface area contributed by atoms with Gasteiger partial charge in [-0.15, -0.1) is 0 Å². The Kier molecular flexibility index (Phi) is 5.59. The number of nitrogens with zero attached hydrogens (tertiary/aromatic N) is 2. The lowest BCUT2D eigenvalue weighted by molar-refractivity contribution is 0.623. The molecule has 0 unspecified atom stereocenters. The summed E-state index contributed by atoms with van der Waals surface area (Å²) in [7, 11) is 0. The molecule has 0 fully saturated rings. The van der Waals surface area contributed by atoms with E-state index in [9.17, 15) is 0 Å². The van der Waals surface area contributed by atoms with Gasteiger partial charge in [0.25, 0.3) is 0 Å². The fourth-order valence-electron chi connectivity index (χ4n) is 7.75. The van der Waals surface area contributed by atoms with Crippen LogP contribution in [0.25, 0.3) is 66.4 Å². The minimum absolute atomic E-state index is 0.0717. The van der Waals surface area contributed by atoms with E-state index >= 15 is 0 Å². The Morgan fingerprint density at radius 1 is 0.521 bits per heavy atom. The Balaban J connectivity index is 1.23. The highest BCUT2D eigenvalue weighted by Crippen LogP contribution is 2.51. The number of para-hydroxylation sites is 1. The van der Waals surface area contributed by atoms with Crippen molar-refractivity contribution in [3.63, 3.8) is 0 Å². The van der Waals surface area contributed by atoms with E-state index in [0.29, 0.717) is 5.89 Å². The average molecular weight is 619 g/mol. The molecule has 10 rings (SSSR count). The van der Waals surface area contributed by atoms with Crippen molar-refractivity contribution in [1.82, 2.24) is 4.98 Å². The number of oxazole rings is 1. The number of anilines is 3. The molecule has 2 heterocycles. The van der Waals surface area contributed by atoms with Crippen LogP contribution in [0.1, 0.15) is 25.0 Å². The summed E-state index contributed by atoms with van der Waals surface area (Å²) in [5.74, 6) is 0.623. The summed E-state index contributed by atoms with van der Waals surface area (Å²) in [6.07, 6.45) is 0. The fourth-order valence-corrected chi connectivity index (χ4v) is 7.75. The van der Waals surface area contributed by atoms with Gasteiger partial charge in [-0.2, -0.15) is 0 Å². The van der Waals surface area contributed by atoms with Crippen molar-refractivity contribution >= 4 is 60.9 Å². The van der Waals surface area contributed by atoms with Gasteiger partial charge in [0.15, 0.2) is 5.58 Å². The highest BCUT2D eigenvalue weighted by molar-refractivity contribution is 6.11. The predicted octanol–water partition coefficient (Wildman–Crippen LogP) is 12.3. The highest BCUT2D eigenvalue weighted by atomic mass is 16.3. The van der Waals surface area contributed by atoms with Crippen molar-refractivity contribution in [2.45, 2.75) is 19.3 Å². The maximum atomic E-state index is 6.49. The van der Waals surface area contributed by atoms with E-state index in [1.165, 1.54) is 22.3 Å². The molecule has 0 radical (unpaired) electrons. The second-order valence-corrected chi connectivity index (χ2v) is 13.2. The van der Waals surface area contributed by atoms with Crippen LogP contribution in [0.15, 0.2) is 154 Å². The smallest absolute Gasteiger partial charge is 0.227 e. The third-order valence-corrected chi connectivity index (χ3v) is 10.1. The van der Waals surface area contributed by atoms with Crippen LogP contribution in [0.3, 0.4) is 0 Å². The molecule has 4 nitrogen and oxygen atoms in total. The summed E-state index contributed by atoms with van der Waals surface area (Å²) in [6, 6.07) is 51.3. The van der Waals surface area contributed by atoms with Crippen molar-refractivity contribution in [1.29, 1.82) is 0 Å². The summed E-state index contributed by atoms with van der Waals surface area (Å²) in [5.41, 5.74) is 12.8. The standard InChI is InChI=1S/C44H30N2O2/c1-44(2)36-16-8-6-13-30(36)34-25-28(19-22-37(34)44)46(29-20-24-41-35(26-29)32-14-7-9-18-40(32)47-41)39-17-10-15-33-31(39)21-23-38-42(33)48-43(45-38)27-11-4-3-5-12-27/h3-26H,1-2H3. The lowest BCUT2D eigenvalue weighted by Crippen LogP contribution is -2.15. The largest absolute Gasteiger partial charge is 0.456 e. The summed E-state index contributed by atoms with van der Waals surface area (Å²) in [4.78, 5) is 7.24. The van der Waals surface area contributed by atoms with E-state index in [0.717, 1.165) is 66.4 Å². The molecule has 4 heteroatoms. The van der Waals surface area contributed by atoms with E-state index < -0.39 is 0 Å². The van der Waals surface area contributed by atoms with E-state index in [1.807, 2.05) is 42.5 Å². The van der Waals surface area contributed by atoms with Crippen LogP contribution in [0, 0.1) is 0 Å². The molecule has 9 aromatic rings. The molecule has 0 N–H and O–H groups in total. The summed E-state index contributed by atoms with van der Waals surface area (Å²) >= 11 is 0. The molecular formula is C44H30N2O2. The summed E-state index contributed by atoms with van der Waals surface area (Å²) in [6.45, 7) is 4.65.